The van der Waals surface area contributed by atoms with E-state index in [0.29, 0.717) is 32.0 Å². The number of likely N-dealkylation sites (tertiary alicyclic amines) is 1. The lowest BCUT2D eigenvalue weighted by Crippen LogP contribution is -2.52. The number of hydrogen-bond acceptors (Lipinski definition) is 4. The maximum absolute atomic E-state index is 11.5. The molecule has 0 spiro atoms. The van der Waals surface area contributed by atoms with Crippen molar-refractivity contribution >= 4 is 45.9 Å². The highest BCUT2D eigenvalue weighted by Crippen LogP contribution is 2.10. The summed E-state index contributed by atoms with van der Waals surface area (Å²) in [5.74, 6) is 0.784. The number of nitrogens with zero attached hydrogens (tertiary/aromatic N) is 2. The molecule has 0 saturated carbocycles. The molecule has 1 rings (SSSR count). The summed E-state index contributed by atoms with van der Waals surface area (Å²) in [6.07, 6.45) is 2.42. The number of hydrogen-bond donors (Lipinski definition) is 3. The van der Waals surface area contributed by atoms with Gasteiger partial charge in [-0.25, -0.2) is 13.1 Å². The van der Waals surface area contributed by atoms with Crippen molar-refractivity contribution in [3.05, 3.63) is 0 Å². The summed E-state index contributed by atoms with van der Waals surface area (Å²) < 4.78 is 25.3. The van der Waals surface area contributed by atoms with Crippen LogP contribution in [0.25, 0.3) is 0 Å². The van der Waals surface area contributed by atoms with Crippen LogP contribution < -0.4 is 15.4 Å². The molecule has 24 heavy (non-hydrogen) atoms. The quantitative estimate of drug-likeness (QED) is 0.288. The topological polar surface area (TPSA) is 103 Å². The minimum atomic E-state index is -3.29. The van der Waals surface area contributed by atoms with E-state index in [0.717, 1.165) is 12.7 Å². The van der Waals surface area contributed by atoms with Crippen molar-refractivity contribution < 1.29 is 13.2 Å². The van der Waals surface area contributed by atoms with Crippen LogP contribution in [0.5, 0.6) is 0 Å². The normalized spacial score (nSPS) is 19.7. The van der Waals surface area contributed by atoms with Gasteiger partial charge >= 0.3 is 0 Å². The Labute approximate surface area is 162 Å². The minimum Gasteiger partial charge on any atom is -0.357 e. The van der Waals surface area contributed by atoms with Gasteiger partial charge in [-0.15, -0.1) is 24.0 Å². The number of piperidine rings is 1. The van der Waals surface area contributed by atoms with Crippen LogP contribution in [0.1, 0.15) is 33.6 Å². The molecule has 1 fully saturated rings. The second-order valence-electron chi connectivity index (χ2n) is 6.61. The molecular formula is C14H30IN5O3S. The standard InChI is InChI=1S/C14H29N5O3S.HI/c1-6-15-13(16-10-14(2,3)18-23(5,21)22)17-11-7-8-12(20)19(4)9-11;/h11,18H,6-10H2,1-5H3,(H2,15,16,17);1H. The van der Waals surface area contributed by atoms with Crippen molar-refractivity contribution in [1.29, 1.82) is 0 Å². The lowest BCUT2D eigenvalue weighted by molar-refractivity contribution is -0.132. The third kappa shape index (κ3) is 9.02. The van der Waals surface area contributed by atoms with Crippen LogP contribution >= 0.6 is 24.0 Å². The van der Waals surface area contributed by atoms with Crippen LogP contribution in [0.3, 0.4) is 0 Å². The van der Waals surface area contributed by atoms with Crippen molar-refractivity contribution in [1.82, 2.24) is 20.3 Å². The molecule has 1 aliphatic heterocycles. The predicted molar refractivity (Wildman–Crippen MR) is 107 cm³/mol. The predicted octanol–water partition coefficient (Wildman–Crippen LogP) is 0.108. The molecule has 1 amide bonds. The molecule has 8 nitrogen and oxygen atoms in total. The van der Waals surface area contributed by atoms with Crippen molar-refractivity contribution in [2.75, 3.05) is 32.9 Å². The molecule has 1 unspecified atom stereocenters. The molecule has 1 saturated heterocycles. The molecule has 142 valence electrons. The Balaban J connectivity index is 0.00000529. The van der Waals surface area contributed by atoms with Crippen molar-refractivity contribution in [3.63, 3.8) is 0 Å². The Kier molecular flexibility index (Phi) is 9.51. The van der Waals surface area contributed by atoms with Crippen LogP contribution in [0, 0.1) is 0 Å². The lowest BCUT2D eigenvalue weighted by atomic mass is 10.1. The van der Waals surface area contributed by atoms with Gasteiger partial charge in [0.2, 0.25) is 15.9 Å². The zero-order valence-electron chi connectivity index (χ0n) is 15.0. The second kappa shape index (κ2) is 9.76. The molecule has 10 heteroatoms. The molecule has 3 N–H and O–H groups in total. The second-order valence-corrected chi connectivity index (χ2v) is 8.36. The number of halogens is 1. The summed E-state index contributed by atoms with van der Waals surface area (Å²) in [4.78, 5) is 17.7. The number of guanidine groups is 1. The van der Waals surface area contributed by atoms with E-state index in [1.807, 2.05) is 6.92 Å². The van der Waals surface area contributed by atoms with Crippen molar-refractivity contribution in [2.24, 2.45) is 4.99 Å². The number of sulfonamides is 1. The molecule has 0 aromatic heterocycles. The summed E-state index contributed by atoms with van der Waals surface area (Å²) in [6, 6.07) is 0.140. The fraction of sp³-hybridized carbons (Fsp3) is 0.857. The molecule has 1 heterocycles. The summed E-state index contributed by atoms with van der Waals surface area (Å²) >= 11 is 0. The van der Waals surface area contributed by atoms with Gasteiger partial charge in [0, 0.05) is 38.1 Å². The van der Waals surface area contributed by atoms with Gasteiger partial charge in [-0.1, -0.05) is 0 Å². The Morgan fingerprint density at radius 1 is 1.42 bits per heavy atom. The van der Waals surface area contributed by atoms with E-state index >= 15 is 0 Å². The average Bonchev–Trinajstić information content (AvgIpc) is 2.38. The fourth-order valence-electron chi connectivity index (χ4n) is 2.45. The van der Waals surface area contributed by atoms with E-state index < -0.39 is 15.6 Å². The van der Waals surface area contributed by atoms with Crippen LogP contribution in [-0.4, -0.2) is 69.7 Å². The first-order valence-electron chi connectivity index (χ1n) is 7.80. The molecule has 0 aromatic carbocycles. The fourth-order valence-corrected chi connectivity index (χ4v) is 3.52. The van der Waals surface area contributed by atoms with Gasteiger partial charge in [0.1, 0.15) is 0 Å². The maximum Gasteiger partial charge on any atom is 0.222 e. The first-order valence-corrected chi connectivity index (χ1v) is 9.69. The molecule has 0 aliphatic carbocycles. The molecule has 1 atom stereocenters. The number of likely N-dealkylation sites (N-methyl/N-ethyl adjacent to an activating group) is 1. The highest BCUT2D eigenvalue weighted by molar-refractivity contribution is 14.0. The highest BCUT2D eigenvalue weighted by atomic mass is 127. The van der Waals surface area contributed by atoms with Crippen molar-refractivity contribution in [2.45, 2.75) is 45.2 Å². The maximum atomic E-state index is 11.5. The summed E-state index contributed by atoms with van der Waals surface area (Å²) in [7, 11) is -1.50. The van der Waals surface area contributed by atoms with E-state index in [1.165, 1.54) is 0 Å². The SMILES string of the molecule is CCNC(=NCC(C)(C)NS(C)(=O)=O)NC1CCC(=O)N(C)C1.I. The number of aliphatic imine (C=N–C) groups is 1. The van der Waals surface area contributed by atoms with Gasteiger partial charge in [-0.05, 0) is 27.2 Å². The van der Waals surface area contributed by atoms with E-state index in [-0.39, 0.29) is 35.9 Å². The van der Waals surface area contributed by atoms with Crippen molar-refractivity contribution in [3.8, 4) is 0 Å². The smallest absolute Gasteiger partial charge is 0.222 e. The number of carbonyl (C=O) groups is 1. The van der Waals surface area contributed by atoms with Gasteiger partial charge in [-0.3, -0.25) is 9.79 Å². The van der Waals surface area contributed by atoms with Gasteiger partial charge in [0.15, 0.2) is 5.96 Å². The Bertz CT molecular complexity index is 551. The summed E-state index contributed by atoms with van der Waals surface area (Å²) in [5, 5.41) is 6.46. The van der Waals surface area contributed by atoms with E-state index in [2.05, 4.69) is 20.3 Å². The van der Waals surface area contributed by atoms with Crippen LogP contribution in [0.15, 0.2) is 4.99 Å². The highest BCUT2D eigenvalue weighted by Gasteiger charge is 2.25. The first-order chi connectivity index (χ1) is 10.5. The third-order valence-electron chi connectivity index (χ3n) is 3.41. The zero-order valence-corrected chi connectivity index (χ0v) is 18.2. The molecular weight excluding hydrogens is 445 g/mol. The number of nitrogens with one attached hydrogen (secondary N) is 3. The average molecular weight is 475 g/mol. The van der Waals surface area contributed by atoms with Crippen LogP contribution in [0.2, 0.25) is 0 Å². The number of rotatable bonds is 6. The van der Waals surface area contributed by atoms with Crippen LogP contribution in [-0.2, 0) is 14.8 Å². The third-order valence-corrected chi connectivity index (χ3v) is 4.33. The van der Waals surface area contributed by atoms with Crippen LogP contribution in [0.4, 0.5) is 0 Å². The molecule has 0 radical (unpaired) electrons. The van der Waals surface area contributed by atoms with Gasteiger partial charge in [-0.2, -0.15) is 0 Å². The molecule has 0 aromatic rings. The zero-order chi connectivity index (χ0) is 17.7. The van der Waals surface area contributed by atoms with Gasteiger partial charge in [0.05, 0.1) is 12.8 Å². The Morgan fingerprint density at radius 2 is 2.04 bits per heavy atom. The lowest BCUT2D eigenvalue weighted by Gasteiger charge is -2.31. The molecule has 0 bridgehead atoms. The van der Waals surface area contributed by atoms with Gasteiger partial charge < -0.3 is 15.5 Å². The number of amides is 1. The first kappa shape index (κ1) is 23.4. The Hall–Kier alpha value is -0.620. The Morgan fingerprint density at radius 3 is 2.54 bits per heavy atom. The molecule has 1 aliphatic rings. The van der Waals surface area contributed by atoms with E-state index in [4.69, 9.17) is 0 Å². The minimum absolute atomic E-state index is 0. The monoisotopic (exact) mass is 475 g/mol. The number of carbonyl (C=O) groups excluding carboxylic acids is 1. The summed E-state index contributed by atoms with van der Waals surface area (Å²) in [5.41, 5.74) is -0.671. The van der Waals surface area contributed by atoms with E-state index in [9.17, 15) is 13.2 Å². The van der Waals surface area contributed by atoms with Gasteiger partial charge in [0.25, 0.3) is 0 Å². The van der Waals surface area contributed by atoms with E-state index in [1.54, 1.807) is 25.8 Å². The largest absolute Gasteiger partial charge is 0.357 e. The summed E-state index contributed by atoms with van der Waals surface area (Å²) in [6.45, 7) is 7.17.